The maximum atomic E-state index is 14.0. The highest BCUT2D eigenvalue weighted by molar-refractivity contribution is 7.89. The zero-order valence-electron chi connectivity index (χ0n) is 17.0. The summed E-state index contributed by atoms with van der Waals surface area (Å²) in [5.41, 5.74) is 1.52. The molecule has 2 aromatic heterocycles. The van der Waals surface area contributed by atoms with Crippen LogP contribution in [-0.4, -0.2) is 29.0 Å². The van der Waals surface area contributed by atoms with Crippen LogP contribution >= 0.6 is 0 Å². The molecule has 9 heteroatoms. The molecule has 1 N–H and O–H groups in total. The highest BCUT2D eigenvalue weighted by Gasteiger charge is 2.32. The summed E-state index contributed by atoms with van der Waals surface area (Å²) < 4.78 is 44.0. The van der Waals surface area contributed by atoms with Crippen molar-refractivity contribution in [2.75, 3.05) is 0 Å². The van der Waals surface area contributed by atoms with Crippen LogP contribution in [0.25, 0.3) is 22.4 Å². The molecular formula is C22H22FN5O2S. The van der Waals surface area contributed by atoms with Gasteiger partial charge >= 0.3 is 0 Å². The minimum Gasteiger partial charge on any atom is -0.334 e. The Balaban J connectivity index is 1.59. The summed E-state index contributed by atoms with van der Waals surface area (Å²) in [4.78, 5) is 8.62. The molecule has 0 spiro atoms. The summed E-state index contributed by atoms with van der Waals surface area (Å²) in [5.74, 6) is 0.265. The number of nitrogens with zero attached hydrogens (tertiary/aromatic N) is 4. The second kappa shape index (κ2) is 7.39. The molecule has 0 radical (unpaired) electrons. The van der Waals surface area contributed by atoms with Gasteiger partial charge in [-0.2, -0.15) is 5.26 Å². The van der Waals surface area contributed by atoms with Gasteiger partial charge in [-0.25, -0.2) is 27.5 Å². The van der Waals surface area contributed by atoms with Gasteiger partial charge in [-0.3, -0.25) is 0 Å². The molecule has 7 nitrogen and oxygen atoms in total. The van der Waals surface area contributed by atoms with Crippen molar-refractivity contribution in [2.24, 2.45) is 5.92 Å². The molecule has 0 bridgehead atoms. The number of hydrogen-bond acceptors (Lipinski definition) is 5. The van der Waals surface area contributed by atoms with Crippen LogP contribution in [0.1, 0.15) is 50.6 Å². The Morgan fingerprint density at radius 2 is 1.94 bits per heavy atom. The van der Waals surface area contributed by atoms with Gasteiger partial charge < -0.3 is 4.57 Å². The van der Waals surface area contributed by atoms with Gasteiger partial charge in [0.15, 0.2) is 5.82 Å². The molecule has 2 saturated carbocycles. The maximum Gasteiger partial charge on any atom is 0.243 e. The van der Waals surface area contributed by atoms with E-state index in [1.54, 1.807) is 6.07 Å². The van der Waals surface area contributed by atoms with Gasteiger partial charge in [0, 0.05) is 17.5 Å². The summed E-state index contributed by atoms with van der Waals surface area (Å²) in [7, 11) is -3.73. The lowest BCUT2D eigenvalue weighted by Crippen LogP contribution is -2.34. The molecule has 0 unspecified atom stereocenters. The average Bonchev–Trinajstić information content (AvgIpc) is 3.51. The molecular weight excluding hydrogens is 417 g/mol. The summed E-state index contributed by atoms with van der Waals surface area (Å²) in [6, 6.07) is 6.58. The fraction of sp³-hybridized carbons (Fsp3) is 0.409. The molecule has 0 amide bonds. The molecule has 5 rings (SSSR count). The lowest BCUT2D eigenvalue weighted by atomic mass is 9.92. The quantitative estimate of drug-likeness (QED) is 0.628. The zero-order valence-corrected chi connectivity index (χ0v) is 17.9. The minimum atomic E-state index is -3.73. The summed E-state index contributed by atoms with van der Waals surface area (Å²) in [6.45, 7) is 1.86. The summed E-state index contributed by atoms with van der Waals surface area (Å²) in [5, 5.41) is 10.5. The van der Waals surface area contributed by atoms with Crippen LogP contribution in [0.4, 0.5) is 4.39 Å². The van der Waals surface area contributed by atoms with E-state index >= 15 is 0 Å². The maximum absolute atomic E-state index is 14.0. The van der Waals surface area contributed by atoms with Crippen molar-refractivity contribution < 1.29 is 12.8 Å². The van der Waals surface area contributed by atoms with Crippen LogP contribution in [0.5, 0.6) is 0 Å². The number of rotatable bonds is 6. The van der Waals surface area contributed by atoms with Crippen LogP contribution in [-0.2, 0) is 10.0 Å². The lowest BCUT2D eigenvalue weighted by molar-refractivity contribution is 0.323. The Bertz CT molecular complexity index is 1300. The van der Waals surface area contributed by atoms with Crippen molar-refractivity contribution in [1.82, 2.24) is 19.3 Å². The van der Waals surface area contributed by atoms with Gasteiger partial charge in [-0.15, -0.1) is 0 Å². The molecule has 2 fully saturated rings. The van der Waals surface area contributed by atoms with E-state index in [-0.39, 0.29) is 28.6 Å². The van der Waals surface area contributed by atoms with Gasteiger partial charge in [0.25, 0.3) is 0 Å². The van der Waals surface area contributed by atoms with E-state index in [0.717, 1.165) is 32.1 Å². The second-order valence-electron chi connectivity index (χ2n) is 8.44. The number of benzene rings is 1. The van der Waals surface area contributed by atoms with Crippen molar-refractivity contribution in [2.45, 2.75) is 56.0 Å². The second-order valence-corrected chi connectivity index (χ2v) is 10.2. The largest absolute Gasteiger partial charge is 0.334 e. The van der Waals surface area contributed by atoms with E-state index in [1.165, 1.54) is 24.5 Å². The fourth-order valence-electron chi connectivity index (χ4n) is 4.22. The summed E-state index contributed by atoms with van der Waals surface area (Å²) in [6.07, 6.45) is 7.51. The summed E-state index contributed by atoms with van der Waals surface area (Å²) >= 11 is 0. The zero-order chi connectivity index (χ0) is 21.8. The Morgan fingerprint density at radius 1 is 1.23 bits per heavy atom. The molecule has 2 aliphatic carbocycles. The van der Waals surface area contributed by atoms with Crippen molar-refractivity contribution in [3.05, 3.63) is 42.0 Å². The van der Waals surface area contributed by atoms with Gasteiger partial charge in [-0.1, -0.05) is 0 Å². The molecule has 1 atom stereocenters. The first-order valence-corrected chi connectivity index (χ1v) is 12.0. The van der Waals surface area contributed by atoms with Crippen LogP contribution < -0.4 is 4.72 Å². The highest BCUT2D eigenvalue weighted by Crippen LogP contribution is 2.41. The Morgan fingerprint density at radius 3 is 2.52 bits per heavy atom. The van der Waals surface area contributed by atoms with E-state index in [2.05, 4.69) is 20.8 Å². The van der Waals surface area contributed by atoms with Gasteiger partial charge in [0.2, 0.25) is 10.0 Å². The number of aromatic nitrogens is 3. The monoisotopic (exact) mass is 439 g/mol. The number of hydrogen-bond donors (Lipinski definition) is 1. The normalized spacial score (nSPS) is 18.0. The number of nitriles is 1. The van der Waals surface area contributed by atoms with Crippen LogP contribution in [0.15, 0.2) is 35.5 Å². The van der Waals surface area contributed by atoms with E-state index in [9.17, 15) is 18.1 Å². The molecule has 2 aliphatic rings. The highest BCUT2D eigenvalue weighted by atomic mass is 32.2. The number of nitrogens with one attached hydrogen (secondary N) is 1. The van der Waals surface area contributed by atoms with E-state index < -0.39 is 10.0 Å². The number of sulfonamides is 1. The molecule has 3 aromatic rings. The molecule has 1 aromatic carbocycles. The molecule has 0 aliphatic heterocycles. The predicted molar refractivity (Wildman–Crippen MR) is 113 cm³/mol. The van der Waals surface area contributed by atoms with Crippen LogP contribution in [0.3, 0.4) is 0 Å². The third-order valence-electron chi connectivity index (χ3n) is 6.34. The van der Waals surface area contributed by atoms with Crippen molar-refractivity contribution in [3.63, 3.8) is 0 Å². The van der Waals surface area contributed by atoms with Gasteiger partial charge in [0.1, 0.15) is 22.5 Å². The smallest absolute Gasteiger partial charge is 0.243 e. The van der Waals surface area contributed by atoms with Gasteiger partial charge in [-0.05, 0) is 63.1 Å². The predicted octanol–water partition coefficient (Wildman–Crippen LogP) is 3.91. The Labute approximate surface area is 180 Å². The SMILES string of the molecule is C[C@H](NS(=O)(=O)c1cnc(-c2c(C#N)c3ccc(F)cc3n2C2CCC2)nc1)C1CC1. The van der Waals surface area contributed by atoms with Gasteiger partial charge in [0.05, 0.1) is 23.5 Å². The van der Waals surface area contributed by atoms with Crippen molar-refractivity contribution in [1.29, 1.82) is 5.26 Å². The topological polar surface area (TPSA) is 101 Å². The molecule has 160 valence electrons. The van der Waals surface area contributed by atoms with Crippen LogP contribution in [0.2, 0.25) is 0 Å². The average molecular weight is 440 g/mol. The van der Waals surface area contributed by atoms with Crippen LogP contribution in [0, 0.1) is 23.1 Å². The van der Waals surface area contributed by atoms with E-state index in [4.69, 9.17) is 0 Å². The first-order valence-electron chi connectivity index (χ1n) is 10.5. The first-order chi connectivity index (χ1) is 14.9. The minimum absolute atomic E-state index is 0.0143. The third-order valence-corrected chi connectivity index (χ3v) is 7.85. The van der Waals surface area contributed by atoms with E-state index in [0.29, 0.717) is 28.1 Å². The number of fused-ring (bicyclic) bond motifs is 1. The van der Waals surface area contributed by atoms with E-state index in [1.807, 2.05) is 11.5 Å². The fourth-order valence-corrected chi connectivity index (χ4v) is 5.42. The standard InChI is InChI=1S/C22H22FN5O2S/c1-13(14-5-6-14)27-31(29,30)17-11-25-22(26-12-17)21-19(10-24)18-8-7-15(23)9-20(18)28(21)16-3-2-4-16/h7-9,11-14,16,27H,2-6H2,1H3/t13-/m0/s1. The number of halogens is 1. The lowest BCUT2D eigenvalue weighted by Gasteiger charge is -2.29. The third kappa shape index (κ3) is 3.50. The molecule has 31 heavy (non-hydrogen) atoms. The molecule has 0 saturated heterocycles. The van der Waals surface area contributed by atoms with Crippen molar-refractivity contribution in [3.8, 4) is 17.6 Å². The Kier molecular flexibility index (Phi) is 4.79. The Hall–Kier alpha value is -2.83. The first kappa shape index (κ1) is 20.1. The van der Waals surface area contributed by atoms with Crippen molar-refractivity contribution >= 4 is 20.9 Å². The molecule has 2 heterocycles.